The van der Waals surface area contributed by atoms with Crippen LogP contribution in [0.5, 0.6) is 5.88 Å². The zero-order valence-corrected chi connectivity index (χ0v) is 10.0. The Morgan fingerprint density at radius 1 is 1.44 bits per heavy atom. The van der Waals surface area contributed by atoms with Crippen molar-refractivity contribution < 1.29 is 9.90 Å². The molecule has 0 spiro atoms. The smallest absolute Gasteiger partial charge is 0.252 e. The van der Waals surface area contributed by atoms with Crippen molar-refractivity contribution in [2.24, 2.45) is 5.73 Å². The predicted molar refractivity (Wildman–Crippen MR) is 66.4 cm³/mol. The molecule has 0 saturated heterocycles. The number of carbonyl (C=O) groups excluding carboxylic acids is 1. The van der Waals surface area contributed by atoms with Gasteiger partial charge in [0.25, 0.3) is 11.5 Å². The molecule has 18 heavy (non-hydrogen) atoms. The third kappa shape index (κ3) is 2.53. The van der Waals surface area contributed by atoms with E-state index in [0.717, 1.165) is 31.7 Å². The minimum Gasteiger partial charge on any atom is -0.494 e. The number of hydrogen-bond donors (Lipinski definition) is 4. The summed E-state index contributed by atoms with van der Waals surface area (Å²) in [5.41, 5.74) is 5.00. The lowest BCUT2D eigenvalue weighted by Crippen LogP contribution is -2.51. The Morgan fingerprint density at radius 3 is 2.67 bits per heavy atom. The second kappa shape index (κ2) is 4.81. The molecule has 1 amide bonds. The first-order valence-corrected chi connectivity index (χ1v) is 6.01. The van der Waals surface area contributed by atoms with Crippen molar-refractivity contribution in [3.05, 3.63) is 28.0 Å². The van der Waals surface area contributed by atoms with Gasteiger partial charge >= 0.3 is 0 Å². The summed E-state index contributed by atoms with van der Waals surface area (Å²) in [4.78, 5) is 25.4. The van der Waals surface area contributed by atoms with Crippen LogP contribution in [-0.2, 0) is 0 Å². The number of amides is 1. The van der Waals surface area contributed by atoms with Gasteiger partial charge in [0.15, 0.2) is 5.88 Å². The van der Waals surface area contributed by atoms with E-state index in [1.807, 2.05) is 0 Å². The molecule has 1 heterocycles. The molecule has 0 radical (unpaired) electrons. The zero-order valence-electron chi connectivity index (χ0n) is 10.0. The summed E-state index contributed by atoms with van der Waals surface area (Å²) in [6.45, 7) is 0.383. The number of aromatic amines is 1. The average molecular weight is 251 g/mol. The Morgan fingerprint density at radius 2 is 2.11 bits per heavy atom. The van der Waals surface area contributed by atoms with Crippen LogP contribution in [0.25, 0.3) is 0 Å². The molecule has 2 rings (SSSR count). The number of aromatic nitrogens is 1. The molecule has 6 nitrogen and oxygen atoms in total. The van der Waals surface area contributed by atoms with E-state index in [0.29, 0.717) is 6.54 Å². The fourth-order valence-electron chi connectivity index (χ4n) is 2.40. The zero-order chi connectivity index (χ0) is 13.2. The molecule has 0 unspecified atom stereocenters. The van der Waals surface area contributed by atoms with E-state index in [-0.39, 0.29) is 22.9 Å². The van der Waals surface area contributed by atoms with Gasteiger partial charge in [-0.25, -0.2) is 0 Å². The van der Waals surface area contributed by atoms with Gasteiger partial charge in [0.05, 0.1) is 11.1 Å². The highest BCUT2D eigenvalue weighted by atomic mass is 16.3. The van der Waals surface area contributed by atoms with Crippen LogP contribution in [-0.4, -0.2) is 28.1 Å². The van der Waals surface area contributed by atoms with Crippen LogP contribution in [0.3, 0.4) is 0 Å². The number of H-pyrrole nitrogens is 1. The van der Waals surface area contributed by atoms with E-state index in [2.05, 4.69) is 10.3 Å². The molecule has 6 heteroatoms. The number of nitrogens with one attached hydrogen (secondary N) is 2. The molecular weight excluding hydrogens is 234 g/mol. The highest BCUT2D eigenvalue weighted by molar-refractivity contribution is 5.94. The Labute approximate surface area is 104 Å². The van der Waals surface area contributed by atoms with E-state index >= 15 is 0 Å². The molecule has 0 aromatic carbocycles. The Balaban J connectivity index is 2.18. The Bertz CT molecular complexity index is 504. The molecule has 1 aromatic heterocycles. The fraction of sp³-hybridized carbons (Fsp3) is 0.500. The summed E-state index contributed by atoms with van der Waals surface area (Å²) in [6, 6.07) is 2.39. The summed E-state index contributed by atoms with van der Waals surface area (Å²) in [5, 5.41) is 12.1. The molecule has 1 saturated carbocycles. The number of hydrogen-bond acceptors (Lipinski definition) is 4. The van der Waals surface area contributed by atoms with Crippen molar-refractivity contribution in [2.75, 3.05) is 6.54 Å². The van der Waals surface area contributed by atoms with E-state index in [1.165, 1.54) is 6.07 Å². The van der Waals surface area contributed by atoms with Crippen molar-refractivity contribution >= 4 is 5.91 Å². The van der Waals surface area contributed by atoms with Gasteiger partial charge in [0.2, 0.25) is 0 Å². The lowest BCUT2D eigenvalue weighted by molar-refractivity contribution is 0.0902. The highest BCUT2D eigenvalue weighted by Crippen LogP contribution is 2.28. The van der Waals surface area contributed by atoms with Crippen molar-refractivity contribution in [1.29, 1.82) is 0 Å². The van der Waals surface area contributed by atoms with Crippen LogP contribution in [0.2, 0.25) is 0 Å². The standard InChI is InChI=1S/C12H17N3O3/c13-7-12(3-1-2-4-12)15-11(18)8-5-9(16)14-10(17)6-8/h5-6H,1-4,7,13H2,(H,15,18)(H2,14,16,17). The second-order valence-corrected chi connectivity index (χ2v) is 4.76. The minimum absolute atomic E-state index is 0.149. The van der Waals surface area contributed by atoms with Crippen LogP contribution in [0.4, 0.5) is 0 Å². The summed E-state index contributed by atoms with van der Waals surface area (Å²) >= 11 is 0. The lowest BCUT2D eigenvalue weighted by atomic mass is 9.97. The van der Waals surface area contributed by atoms with Crippen LogP contribution in [0.15, 0.2) is 16.9 Å². The SMILES string of the molecule is NCC1(NC(=O)c2cc(O)[nH]c(=O)c2)CCCC1. The van der Waals surface area contributed by atoms with Crippen molar-refractivity contribution in [3.63, 3.8) is 0 Å². The lowest BCUT2D eigenvalue weighted by Gasteiger charge is -2.28. The summed E-state index contributed by atoms with van der Waals surface area (Å²) in [6.07, 6.45) is 3.78. The van der Waals surface area contributed by atoms with Gasteiger partial charge in [0.1, 0.15) is 0 Å². The van der Waals surface area contributed by atoms with Crippen LogP contribution < -0.4 is 16.6 Å². The minimum atomic E-state index is -0.506. The van der Waals surface area contributed by atoms with E-state index in [9.17, 15) is 14.7 Å². The number of pyridine rings is 1. The molecule has 1 aromatic rings. The Kier molecular flexibility index (Phi) is 3.38. The van der Waals surface area contributed by atoms with Gasteiger partial charge in [-0.05, 0) is 12.8 Å². The second-order valence-electron chi connectivity index (χ2n) is 4.76. The topological polar surface area (TPSA) is 108 Å². The summed E-state index contributed by atoms with van der Waals surface area (Å²) in [7, 11) is 0. The fourth-order valence-corrected chi connectivity index (χ4v) is 2.40. The number of rotatable bonds is 3. The number of aromatic hydroxyl groups is 1. The molecule has 98 valence electrons. The molecule has 0 bridgehead atoms. The summed E-state index contributed by atoms with van der Waals surface area (Å²) in [5.74, 6) is -0.690. The van der Waals surface area contributed by atoms with E-state index in [1.54, 1.807) is 0 Å². The third-order valence-electron chi connectivity index (χ3n) is 3.42. The number of nitrogens with two attached hydrogens (primary N) is 1. The van der Waals surface area contributed by atoms with Gasteiger partial charge in [-0.15, -0.1) is 0 Å². The van der Waals surface area contributed by atoms with Crippen molar-refractivity contribution in [3.8, 4) is 5.88 Å². The largest absolute Gasteiger partial charge is 0.494 e. The normalized spacial score (nSPS) is 17.6. The molecule has 5 N–H and O–H groups in total. The maximum Gasteiger partial charge on any atom is 0.252 e. The third-order valence-corrected chi connectivity index (χ3v) is 3.42. The number of carbonyl (C=O) groups is 1. The first kappa shape index (κ1) is 12.6. The van der Waals surface area contributed by atoms with E-state index in [4.69, 9.17) is 5.73 Å². The first-order chi connectivity index (χ1) is 8.54. The van der Waals surface area contributed by atoms with Gasteiger partial charge < -0.3 is 16.2 Å². The highest BCUT2D eigenvalue weighted by Gasteiger charge is 2.34. The Hall–Kier alpha value is -1.82. The molecule has 0 aliphatic heterocycles. The maximum absolute atomic E-state index is 12.0. The molecule has 0 atom stereocenters. The van der Waals surface area contributed by atoms with Gasteiger partial charge in [-0.2, -0.15) is 0 Å². The molecule has 1 aliphatic carbocycles. The summed E-state index contributed by atoms with van der Waals surface area (Å²) < 4.78 is 0. The van der Waals surface area contributed by atoms with Crippen LogP contribution in [0.1, 0.15) is 36.0 Å². The van der Waals surface area contributed by atoms with Crippen LogP contribution >= 0.6 is 0 Å². The van der Waals surface area contributed by atoms with Gasteiger partial charge in [0, 0.05) is 18.7 Å². The van der Waals surface area contributed by atoms with E-state index < -0.39 is 5.56 Å². The predicted octanol–water partition coefficient (Wildman–Crippen LogP) is 0.0818. The quantitative estimate of drug-likeness (QED) is 0.610. The molecular formula is C12H17N3O3. The molecule has 1 fully saturated rings. The van der Waals surface area contributed by atoms with Crippen molar-refractivity contribution in [1.82, 2.24) is 10.3 Å². The average Bonchev–Trinajstić information content (AvgIpc) is 2.77. The van der Waals surface area contributed by atoms with Gasteiger partial charge in [-0.1, -0.05) is 12.8 Å². The first-order valence-electron chi connectivity index (χ1n) is 6.01. The maximum atomic E-state index is 12.0. The van der Waals surface area contributed by atoms with Crippen LogP contribution in [0, 0.1) is 0 Å². The monoisotopic (exact) mass is 251 g/mol. The van der Waals surface area contributed by atoms with Crippen molar-refractivity contribution in [2.45, 2.75) is 31.2 Å². The molecule has 1 aliphatic rings. The van der Waals surface area contributed by atoms with Gasteiger partial charge in [-0.3, -0.25) is 14.6 Å².